The van der Waals surface area contributed by atoms with E-state index in [-0.39, 0.29) is 29.2 Å². The number of halogens is 4. The van der Waals surface area contributed by atoms with Crippen molar-refractivity contribution in [2.75, 3.05) is 11.1 Å². The number of nitrogens with two attached hydrogens (primary N) is 1. The van der Waals surface area contributed by atoms with Gasteiger partial charge in [-0.2, -0.15) is 13.2 Å². The summed E-state index contributed by atoms with van der Waals surface area (Å²) < 4.78 is 62.7. The Morgan fingerprint density at radius 2 is 1.79 bits per heavy atom. The molecule has 0 unspecified atom stereocenters. The number of fused-ring (bicyclic) bond motifs is 1. The Morgan fingerprint density at radius 1 is 1.00 bits per heavy atom. The molecule has 4 heterocycles. The van der Waals surface area contributed by atoms with E-state index in [2.05, 4.69) is 31.8 Å². The smallest absolute Gasteiger partial charge is 0.421 e. The van der Waals surface area contributed by atoms with Gasteiger partial charge in [-0.15, -0.1) is 11.3 Å². The minimum absolute atomic E-state index is 0.0237. The summed E-state index contributed by atoms with van der Waals surface area (Å²) in [5.41, 5.74) is 9.68. The number of hydrogen-bond acceptors (Lipinski definition) is 8. The first kappa shape index (κ1) is 32.3. The average Bonchev–Trinajstić information content (AvgIpc) is 3.43. The zero-order valence-corrected chi connectivity index (χ0v) is 26.6. The minimum atomic E-state index is -4.66. The van der Waals surface area contributed by atoms with Crippen LogP contribution in [0.15, 0.2) is 85.2 Å². The Hall–Kier alpha value is -5.69. The number of aryl methyl sites for hydroxylation is 2. The van der Waals surface area contributed by atoms with Gasteiger partial charge in [0.05, 0.1) is 10.4 Å². The number of ether oxygens (including phenoxy) is 1. The quantitative estimate of drug-likeness (QED) is 0.129. The Morgan fingerprint density at radius 3 is 2.48 bits per heavy atom. The summed E-state index contributed by atoms with van der Waals surface area (Å²) in [6.45, 7) is 8.86. The molecule has 6 rings (SSSR count). The van der Waals surface area contributed by atoms with Gasteiger partial charge in [0.2, 0.25) is 0 Å². The van der Waals surface area contributed by atoms with E-state index in [0.717, 1.165) is 17.2 Å². The predicted molar refractivity (Wildman–Crippen MR) is 178 cm³/mol. The van der Waals surface area contributed by atoms with E-state index >= 15 is 4.39 Å². The molecule has 48 heavy (non-hydrogen) atoms. The maximum absolute atomic E-state index is 15.7. The number of benzene rings is 2. The van der Waals surface area contributed by atoms with Crippen molar-refractivity contribution in [3.05, 3.63) is 108 Å². The molecule has 0 saturated carbocycles. The zero-order valence-electron chi connectivity index (χ0n) is 25.7. The number of hydrogen-bond donors (Lipinski definition) is 2. The molecule has 0 aliphatic rings. The van der Waals surface area contributed by atoms with Crippen LogP contribution in [0.1, 0.15) is 23.9 Å². The molecule has 0 atom stereocenters. The van der Waals surface area contributed by atoms with Gasteiger partial charge in [-0.1, -0.05) is 24.8 Å². The lowest BCUT2D eigenvalue weighted by Crippen LogP contribution is -2.11. The Balaban J connectivity index is 1.56. The van der Waals surface area contributed by atoms with Crippen molar-refractivity contribution in [3.8, 4) is 44.6 Å². The zero-order chi connectivity index (χ0) is 34.3. The standard InChI is InChI=1S/C35H26F4N6O2S/c1-17(2)33(46)44-21-9-10-22(18(3)14-21)30-28(20-8-11-26(24(36)15-20)47-34-41-13-12-19(4)43-34)29-31(48-30)23(16-42-32(29)40)25-6-5-7-27(45-25)35(37,38)39/h5-16H,1H2,2-4H3,(H2,40,42)(H,44,46). The van der Waals surface area contributed by atoms with Gasteiger partial charge in [0, 0.05) is 50.7 Å². The fourth-order valence-corrected chi connectivity index (χ4v) is 6.50. The Bertz CT molecular complexity index is 2250. The van der Waals surface area contributed by atoms with E-state index in [1.54, 1.807) is 44.2 Å². The van der Waals surface area contributed by atoms with Crippen molar-refractivity contribution in [2.24, 2.45) is 0 Å². The Kier molecular flexibility index (Phi) is 8.39. The minimum Gasteiger partial charge on any atom is -0.421 e. The van der Waals surface area contributed by atoms with Crippen LogP contribution in [-0.4, -0.2) is 25.8 Å². The first-order valence-corrected chi connectivity index (χ1v) is 15.2. The number of anilines is 2. The number of alkyl halides is 3. The lowest BCUT2D eigenvalue weighted by Gasteiger charge is -2.13. The molecule has 0 bridgehead atoms. The highest BCUT2D eigenvalue weighted by molar-refractivity contribution is 7.23. The van der Waals surface area contributed by atoms with E-state index in [1.807, 2.05) is 6.92 Å². The van der Waals surface area contributed by atoms with Crippen molar-refractivity contribution in [1.82, 2.24) is 19.9 Å². The molecule has 8 nitrogen and oxygen atoms in total. The highest BCUT2D eigenvalue weighted by Gasteiger charge is 2.33. The van der Waals surface area contributed by atoms with E-state index < -0.39 is 17.7 Å². The van der Waals surface area contributed by atoms with E-state index in [4.69, 9.17) is 10.5 Å². The van der Waals surface area contributed by atoms with Crippen LogP contribution in [0.25, 0.3) is 42.9 Å². The number of rotatable bonds is 7. The van der Waals surface area contributed by atoms with Gasteiger partial charge in [-0.05, 0) is 79.9 Å². The number of carbonyl (C=O) groups is 1. The van der Waals surface area contributed by atoms with Crippen molar-refractivity contribution < 1.29 is 27.1 Å². The summed E-state index contributed by atoms with van der Waals surface area (Å²) in [6.07, 6.45) is -1.78. The molecule has 0 aliphatic carbocycles. The molecule has 4 aromatic heterocycles. The SMILES string of the molecule is C=C(C)C(=O)Nc1ccc(-c2sc3c(-c4cccc(C(F)(F)F)n4)cnc(N)c3c2-c2ccc(Oc3nccc(C)n3)c(F)c2)c(C)c1. The number of carbonyl (C=O) groups excluding carboxylic acids is 1. The van der Waals surface area contributed by atoms with Gasteiger partial charge in [0.25, 0.3) is 5.91 Å². The number of nitrogens with zero attached hydrogens (tertiary/aromatic N) is 4. The van der Waals surface area contributed by atoms with Crippen molar-refractivity contribution in [1.29, 1.82) is 0 Å². The van der Waals surface area contributed by atoms with Crippen LogP contribution in [0, 0.1) is 19.7 Å². The van der Waals surface area contributed by atoms with Gasteiger partial charge >= 0.3 is 12.2 Å². The number of nitrogen functional groups attached to an aromatic ring is 1. The lowest BCUT2D eigenvalue weighted by atomic mass is 9.95. The van der Waals surface area contributed by atoms with E-state index in [0.29, 0.717) is 48.6 Å². The van der Waals surface area contributed by atoms with Crippen molar-refractivity contribution >= 4 is 38.8 Å². The molecule has 13 heteroatoms. The van der Waals surface area contributed by atoms with Gasteiger partial charge in [0.1, 0.15) is 11.5 Å². The second kappa shape index (κ2) is 12.5. The third-order valence-electron chi connectivity index (χ3n) is 7.37. The van der Waals surface area contributed by atoms with Crippen LogP contribution in [0.5, 0.6) is 11.8 Å². The molecule has 0 saturated heterocycles. The second-order valence-electron chi connectivity index (χ2n) is 11.0. The van der Waals surface area contributed by atoms with Crippen molar-refractivity contribution in [2.45, 2.75) is 26.9 Å². The molecule has 0 radical (unpaired) electrons. The summed E-state index contributed by atoms with van der Waals surface area (Å²) in [7, 11) is 0. The van der Waals surface area contributed by atoms with E-state index in [1.165, 1.54) is 48.0 Å². The first-order chi connectivity index (χ1) is 22.8. The molecule has 242 valence electrons. The largest absolute Gasteiger partial charge is 0.433 e. The fraction of sp³-hybridized carbons (Fsp3) is 0.114. The first-order valence-electron chi connectivity index (χ1n) is 14.4. The molecule has 0 spiro atoms. The fourth-order valence-electron chi connectivity index (χ4n) is 5.06. The summed E-state index contributed by atoms with van der Waals surface area (Å²) in [4.78, 5) is 29.3. The van der Waals surface area contributed by atoms with Crippen LogP contribution in [0.2, 0.25) is 0 Å². The number of amides is 1. The van der Waals surface area contributed by atoms with Crippen LogP contribution in [0.4, 0.5) is 29.1 Å². The highest BCUT2D eigenvalue weighted by atomic mass is 32.1. The maximum Gasteiger partial charge on any atom is 0.433 e. The number of nitrogens with one attached hydrogen (secondary N) is 1. The van der Waals surface area contributed by atoms with E-state index in [9.17, 15) is 18.0 Å². The summed E-state index contributed by atoms with van der Waals surface area (Å²) in [6, 6.07) is 14.9. The van der Waals surface area contributed by atoms with Crippen LogP contribution >= 0.6 is 11.3 Å². The second-order valence-corrected chi connectivity index (χ2v) is 12.0. The normalized spacial score (nSPS) is 11.5. The molecule has 1 amide bonds. The molecule has 6 aromatic rings. The monoisotopic (exact) mass is 670 g/mol. The predicted octanol–water partition coefficient (Wildman–Crippen LogP) is 9.15. The Labute approximate surface area is 276 Å². The number of aromatic nitrogens is 4. The third-order valence-corrected chi connectivity index (χ3v) is 8.62. The highest BCUT2D eigenvalue weighted by Crippen LogP contribution is 2.50. The van der Waals surface area contributed by atoms with Gasteiger partial charge in [-0.3, -0.25) is 4.79 Å². The molecule has 0 aliphatic heterocycles. The van der Waals surface area contributed by atoms with Gasteiger partial charge < -0.3 is 15.8 Å². The molecule has 2 aromatic carbocycles. The van der Waals surface area contributed by atoms with Crippen LogP contribution < -0.4 is 15.8 Å². The molecule has 0 fully saturated rings. The third kappa shape index (κ3) is 6.32. The maximum atomic E-state index is 15.7. The van der Waals surface area contributed by atoms with Gasteiger partial charge in [0.15, 0.2) is 11.6 Å². The summed E-state index contributed by atoms with van der Waals surface area (Å²) in [5, 5.41) is 3.21. The van der Waals surface area contributed by atoms with Crippen molar-refractivity contribution in [3.63, 3.8) is 0 Å². The summed E-state index contributed by atoms with van der Waals surface area (Å²) in [5.74, 6) is -1.07. The van der Waals surface area contributed by atoms with Crippen LogP contribution in [0.3, 0.4) is 0 Å². The molecular formula is C35H26F4N6O2S. The topological polar surface area (TPSA) is 116 Å². The lowest BCUT2D eigenvalue weighted by molar-refractivity contribution is -0.141. The average molecular weight is 671 g/mol. The molecule has 3 N–H and O–H groups in total. The number of thiophene rings is 1. The van der Waals surface area contributed by atoms with Gasteiger partial charge in [-0.25, -0.2) is 24.3 Å². The number of pyridine rings is 2. The summed E-state index contributed by atoms with van der Waals surface area (Å²) >= 11 is 1.26. The molecular weight excluding hydrogens is 644 g/mol. The van der Waals surface area contributed by atoms with Crippen LogP contribution in [-0.2, 0) is 11.0 Å².